The van der Waals surface area contributed by atoms with E-state index in [1.807, 2.05) is 37.8 Å². The van der Waals surface area contributed by atoms with Crippen LogP contribution in [0, 0.1) is 16.7 Å². The highest BCUT2D eigenvalue weighted by Gasteiger charge is 2.45. The number of aliphatic hydroxyl groups is 1. The first kappa shape index (κ1) is 24.7. The highest BCUT2D eigenvalue weighted by Crippen LogP contribution is 2.40. The third-order valence-corrected chi connectivity index (χ3v) is 6.87. The summed E-state index contributed by atoms with van der Waals surface area (Å²) in [6.07, 6.45) is 2.89. The Morgan fingerprint density at radius 2 is 2.03 bits per heavy atom. The van der Waals surface area contributed by atoms with Gasteiger partial charge in [0.2, 0.25) is 5.91 Å². The van der Waals surface area contributed by atoms with Crippen LogP contribution >= 0.6 is 11.6 Å². The minimum absolute atomic E-state index is 0.0315. The van der Waals surface area contributed by atoms with Gasteiger partial charge in [0.1, 0.15) is 0 Å². The van der Waals surface area contributed by atoms with Gasteiger partial charge in [-0.15, -0.1) is 0 Å². The Morgan fingerprint density at radius 3 is 2.57 bits per heavy atom. The summed E-state index contributed by atoms with van der Waals surface area (Å²) in [6, 6.07) is 5.36. The first-order chi connectivity index (χ1) is 13.9. The third-order valence-electron chi connectivity index (χ3n) is 6.55. The average Bonchev–Trinajstić information content (AvgIpc) is 2.66. The molecule has 1 aliphatic carbocycles. The van der Waals surface area contributed by atoms with Gasteiger partial charge in [0.25, 0.3) is 0 Å². The first-order valence-corrected chi connectivity index (χ1v) is 11.4. The Balaban J connectivity index is 2.42. The molecule has 1 saturated carbocycles. The Labute approximate surface area is 186 Å². The summed E-state index contributed by atoms with van der Waals surface area (Å²) in [4.78, 5) is 15.8. The average molecular weight is 436 g/mol. The lowest BCUT2D eigenvalue weighted by Gasteiger charge is -2.47. The largest absolute Gasteiger partial charge is 0.390 e. The van der Waals surface area contributed by atoms with E-state index in [0.717, 1.165) is 18.5 Å². The molecule has 1 aromatic rings. The Morgan fingerprint density at radius 1 is 1.40 bits per heavy atom. The van der Waals surface area contributed by atoms with Crippen LogP contribution in [-0.2, 0) is 4.79 Å². The lowest BCUT2D eigenvalue weighted by molar-refractivity contribution is -0.146. The lowest BCUT2D eigenvalue weighted by Crippen LogP contribution is -2.56. The van der Waals surface area contributed by atoms with Crippen molar-refractivity contribution < 1.29 is 9.90 Å². The molecule has 1 fully saturated rings. The molecular formula is C24H38ClN3O2. The van der Waals surface area contributed by atoms with E-state index in [1.165, 1.54) is 0 Å². The standard InChI is InChI=1S/C24H38ClN3O2/c1-8-24(30)13-16(4)12-17(14-24)28(15(2)3)22(29)23(5,6)21(26)20-18(25)10-9-11-19(20)27-7/h9-11,15-17,26-27,30H,8,12-14H2,1-7H3. The molecule has 0 aromatic heterocycles. The molecule has 30 heavy (non-hydrogen) atoms. The van der Waals surface area contributed by atoms with Crippen molar-refractivity contribution in [3.8, 4) is 0 Å². The summed E-state index contributed by atoms with van der Waals surface area (Å²) in [5.41, 5.74) is -0.314. The maximum absolute atomic E-state index is 13.9. The highest BCUT2D eigenvalue weighted by atomic mass is 35.5. The first-order valence-electron chi connectivity index (χ1n) is 11.0. The molecule has 5 nitrogen and oxygen atoms in total. The van der Waals surface area contributed by atoms with Crippen molar-refractivity contribution in [1.29, 1.82) is 5.41 Å². The number of benzene rings is 1. The van der Waals surface area contributed by atoms with Gasteiger partial charge in [-0.2, -0.15) is 0 Å². The second-order valence-corrected chi connectivity index (χ2v) is 10.1. The van der Waals surface area contributed by atoms with Crippen LogP contribution in [0.25, 0.3) is 0 Å². The normalized spacial score (nSPS) is 24.6. The van der Waals surface area contributed by atoms with Crippen molar-refractivity contribution in [2.24, 2.45) is 11.3 Å². The number of carbonyl (C=O) groups is 1. The van der Waals surface area contributed by atoms with Crippen LogP contribution in [0.15, 0.2) is 18.2 Å². The van der Waals surface area contributed by atoms with E-state index in [4.69, 9.17) is 17.0 Å². The van der Waals surface area contributed by atoms with Crippen molar-refractivity contribution in [3.05, 3.63) is 28.8 Å². The molecule has 1 aromatic carbocycles. The van der Waals surface area contributed by atoms with Gasteiger partial charge < -0.3 is 20.7 Å². The monoisotopic (exact) mass is 435 g/mol. The predicted molar refractivity (Wildman–Crippen MR) is 126 cm³/mol. The number of nitrogens with zero attached hydrogens (tertiary/aromatic N) is 1. The summed E-state index contributed by atoms with van der Waals surface area (Å²) >= 11 is 6.44. The van der Waals surface area contributed by atoms with E-state index in [9.17, 15) is 9.90 Å². The molecule has 3 N–H and O–H groups in total. The fraction of sp³-hybridized carbons (Fsp3) is 0.667. The molecule has 2 rings (SSSR count). The Kier molecular flexibility index (Phi) is 7.63. The molecule has 1 amide bonds. The molecule has 0 radical (unpaired) electrons. The summed E-state index contributed by atoms with van der Waals surface area (Å²) in [7, 11) is 1.78. The van der Waals surface area contributed by atoms with E-state index in [0.29, 0.717) is 29.3 Å². The van der Waals surface area contributed by atoms with Gasteiger partial charge in [0, 0.05) is 30.4 Å². The SMILES string of the molecule is CCC1(O)CC(C)CC(N(C(=O)C(C)(C)C(=N)c2c(Cl)cccc2NC)C(C)C)C1. The Bertz CT molecular complexity index is 793. The van der Waals surface area contributed by atoms with Gasteiger partial charge in [-0.05, 0) is 71.4 Å². The quantitative estimate of drug-likeness (QED) is 0.505. The number of nitrogens with one attached hydrogen (secondary N) is 2. The van der Waals surface area contributed by atoms with Crippen LogP contribution in [0.5, 0.6) is 0 Å². The van der Waals surface area contributed by atoms with Crippen LogP contribution in [0.2, 0.25) is 5.02 Å². The number of hydrogen-bond donors (Lipinski definition) is 3. The number of halogens is 1. The highest BCUT2D eigenvalue weighted by molar-refractivity contribution is 6.36. The van der Waals surface area contributed by atoms with Crippen LogP contribution in [0.1, 0.15) is 72.8 Å². The molecule has 0 bridgehead atoms. The summed E-state index contributed by atoms with van der Waals surface area (Å²) in [5.74, 6) is 0.242. The van der Waals surface area contributed by atoms with E-state index in [1.54, 1.807) is 27.0 Å². The molecule has 0 heterocycles. The number of amides is 1. The maximum Gasteiger partial charge on any atom is 0.234 e. The molecular weight excluding hydrogens is 398 g/mol. The van der Waals surface area contributed by atoms with Gasteiger partial charge in [-0.3, -0.25) is 4.79 Å². The number of anilines is 1. The molecule has 6 heteroatoms. The van der Waals surface area contributed by atoms with Gasteiger partial charge in [0.15, 0.2) is 0 Å². The van der Waals surface area contributed by atoms with E-state index in [-0.39, 0.29) is 23.7 Å². The van der Waals surface area contributed by atoms with E-state index in [2.05, 4.69) is 12.2 Å². The fourth-order valence-electron chi connectivity index (χ4n) is 4.85. The van der Waals surface area contributed by atoms with Crippen LogP contribution < -0.4 is 5.32 Å². The predicted octanol–water partition coefficient (Wildman–Crippen LogP) is 5.34. The van der Waals surface area contributed by atoms with Crippen molar-refractivity contribution >= 4 is 28.9 Å². The molecule has 0 spiro atoms. The topological polar surface area (TPSA) is 76.4 Å². The molecule has 168 valence electrons. The van der Waals surface area contributed by atoms with Crippen LogP contribution in [0.4, 0.5) is 5.69 Å². The summed E-state index contributed by atoms with van der Waals surface area (Å²) in [5, 5.41) is 23.5. The van der Waals surface area contributed by atoms with Gasteiger partial charge >= 0.3 is 0 Å². The minimum Gasteiger partial charge on any atom is -0.390 e. The van der Waals surface area contributed by atoms with Crippen molar-refractivity contribution in [2.75, 3.05) is 12.4 Å². The van der Waals surface area contributed by atoms with E-state index >= 15 is 0 Å². The minimum atomic E-state index is -1.06. The lowest BCUT2D eigenvalue weighted by atomic mass is 9.73. The number of carbonyl (C=O) groups excluding carboxylic acids is 1. The third kappa shape index (κ3) is 4.83. The Hall–Kier alpha value is -1.59. The molecule has 1 aliphatic rings. The zero-order valence-corrected chi connectivity index (χ0v) is 20.2. The second-order valence-electron chi connectivity index (χ2n) is 9.70. The maximum atomic E-state index is 13.9. The van der Waals surface area contributed by atoms with Crippen LogP contribution in [0.3, 0.4) is 0 Å². The second kappa shape index (κ2) is 9.27. The number of rotatable bonds is 7. The number of hydrogen-bond acceptors (Lipinski definition) is 4. The zero-order valence-electron chi connectivity index (χ0n) is 19.5. The van der Waals surface area contributed by atoms with Crippen molar-refractivity contribution in [2.45, 2.75) is 84.9 Å². The summed E-state index contributed by atoms with van der Waals surface area (Å²) in [6.45, 7) is 11.8. The van der Waals surface area contributed by atoms with Crippen LogP contribution in [-0.4, -0.2) is 46.4 Å². The smallest absolute Gasteiger partial charge is 0.234 e. The molecule has 3 unspecified atom stereocenters. The fourth-order valence-corrected chi connectivity index (χ4v) is 5.12. The van der Waals surface area contributed by atoms with Crippen molar-refractivity contribution in [3.63, 3.8) is 0 Å². The molecule has 0 aliphatic heterocycles. The van der Waals surface area contributed by atoms with Gasteiger partial charge in [-0.1, -0.05) is 31.5 Å². The summed E-state index contributed by atoms with van der Waals surface area (Å²) < 4.78 is 0. The molecule has 0 saturated heterocycles. The van der Waals surface area contributed by atoms with E-state index < -0.39 is 11.0 Å². The van der Waals surface area contributed by atoms with Gasteiger partial charge in [-0.25, -0.2) is 0 Å². The molecule has 3 atom stereocenters. The van der Waals surface area contributed by atoms with Gasteiger partial charge in [0.05, 0.1) is 21.8 Å². The zero-order chi connectivity index (χ0) is 22.9. The van der Waals surface area contributed by atoms with Crippen molar-refractivity contribution in [1.82, 2.24) is 4.90 Å².